The van der Waals surface area contributed by atoms with Gasteiger partial charge in [-0.2, -0.15) is 0 Å². The Balaban J connectivity index is 1.46. The summed E-state index contributed by atoms with van der Waals surface area (Å²) in [4.78, 5) is 14.3. The van der Waals surface area contributed by atoms with Crippen LogP contribution in [-0.2, 0) is 17.9 Å². The Labute approximate surface area is 147 Å². The highest BCUT2D eigenvalue weighted by molar-refractivity contribution is 5.84. The van der Waals surface area contributed by atoms with Crippen molar-refractivity contribution in [2.24, 2.45) is 0 Å². The van der Waals surface area contributed by atoms with Gasteiger partial charge >= 0.3 is 0 Å². The highest BCUT2D eigenvalue weighted by Gasteiger charge is 2.18. The van der Waals surface area contributed by atoms with Gasteiger partial charge in [0.05, 0.1) is 0 Å². The first-order chi connectivity index (χ1) is 12.3. The normalized spacial score (nSPS) is 14.2. The second kappa shape index (κ2) is 7.01. The molecule has 0 unspecified atom stereocenters. The van der Waals surface area contributed by atoms with Crippen LogP contribution in [0.1, 0.15) is 18.4 Å². The number of amides is 1. The van der Waals surface area contributed by atoms with Crippen molar-refractivity contribution < 1.29 is 9.53 Å². The summed E-state index contributed by atoms with van der Waals surface area (Å²) in [5.74, 6) is 1.05. The Hall–Kier alpha value is -2.75. The summed E-state index contributed by atoms with van der Waals surface area (Å²) in [6.07, 6.45) is 4.24. The lowest BCUT2D eigenvalue weighted by Crippen LogP contribution is -2.30. The molecule has 0 saturated carbocycles. The van der Waals surface area contributed by atoms with Gasteiger partial charge in [-0.1, -0.05) is 30.3 Å². The second-order valence-corrected chi connectivity index (χ2v) is 6.53. The van der Waals surface area contributed by atoms with Gasteiger partial charge in [-0.05, 0) is 42.7 Å². The maximum absolute atomic E-state index is 12.4. The Bertz CT molecular complexity index is 864. The molecule has 128 valence electrons. The van der Waals surface area contributed by atoms with E-state index < -0.39 is 0 Å². The number of carbonyl (C=O) groups is 1. The van der Waals surface area contributed by atoms with Crippen LogP contribution in [0, 0.1) is 0 Å². The van der Waals surface area contributed by atoms with Crippen LogP contribution >= 0.6 is 0 Å². The van der Waals surface area contributed by atoms with Gasteiger partial charge in [0, 0.05) is 30.2 Å². The van der Waals surface area contributed by atoms with E-state index in [1.54, 1.807) is 0 Å². The van der Waals surface area contributed by atoms with E-state index in [1.165, 1.54) is 0 Å². The minimum absolute atomic E-state index is 0.208. The van der Waals surface area contributed by atoms with Crippen molar-refractivity contribution in [1.29, 1.82) is 0 Å². The summed E-state index contributed by atoms with van der Waals surface area (Å²) in [5, 5.41) is 1.10. The van der Waals surface area contributed by atoms with Crippen LogP contribution in [0.4, 0.5) is 0 Å². The summed E-state index contributed by atoms with van der Waals surface area (Å²) in [5.41, 5.74) is 2.22. The zero-order valence-corrected chi connectivity index (χ0v) is 14.2. The molecule has 2 heterocycles. The van der Waals surface area contributed by atoms with Gasteiger partial charge in [0.2, 0.25) is 5.91 Å². The number of hydrogen-bond acceptors (Lipinski definition) is 2. The molecular formula is C21H22N2O2. The Morgan fingerprint density at radius 1 is 1.00 bits per heavy atom. The maximum atomic E-state index is 12.4. The van der Waals surface area contributed by atoms with Crippen LogP contribution in [0.5, 0.6) is 5.75 Å². The molecule has 4 heteroatoms. The number of likely N-dealkylation sites (tertiary alicyclic amines) is 1. The van der Waals surface area contributed by atoms with E-state index >= 15 is 0 Å². The molecule has 0 radical (unpaired) electrons. The number of hydrogen-bond donors (Lipinski definition) is 0. The number of fused-ring (bicyclic) bond motifs is 1. The summed E-state index contributed by atoms with van der Waals surface area (Å²) in [6.45, 7) is 2.76. The van der Waals surface area contributed by atoms with Crippen molar-refractivity contribution >= 4 is 16.8 Å². The Kier molecular flexibility index (Phi) is 4.42. The fourth-order valence-electron chi connectivity index (χ4n) is 3.36. The molecule has 0 N–H and O–H groups in total. The average molecular weight is 334 g/mol. The Morgan fingerprint density at radius 2 is 1.80 bits per heavy atom. The lowest BCUT2D eigenvalue weighted by atomic mass is 10.2. The van der Waals surface area contributed by atoms with E-state index in [-0.39, 0.29) is 5.91 Å². The zero-order chi connectivity index (χ0) is 17.1. The molecule has 1 aliphatic rings. The minimum atomic E-state index is 0.208. The van der Waals surface area contributed by atoms with Gasteiger partial charge in [-0.3, -0.25) is 4.79 Å². The van der Waals surface area contributed by atoms with Crippen LogP contribution in [0.25, 0.3) is 10.9 Å². The van der Waals surface area contributed by atoms with E-state index in [0.29, 0.717) is 13.2 Å². The topological polar surface area (TPSA) is 34.5 Å². The fourth-order valence-corrected chi connectivity index (χ4v) is 3.36. The van der Waals surface area contributed by atoms with Crippen LogP contribution in [0.3, 0.4) is 0 Å². The molecule has 2 aromatic carbocycles. The van der Waals surface area contributed by atoms with E-state index in [0.717, 1.165) is 48.1 Å². The van der Waals surface area contributed by atoms with E-state index in [2.05, 4.69) is 12.1 Å². The van der Waals surface area contributed by atoms with Crippen molar-refractivity contribution in [2.75, 3.05) is 13.1 Å². The molecule has 0 atom stereocenters. The quantitative estimate of drug-likeness (QED) is 0.710. The molecule has 4 rings (SSSR count). The average Bonchev–Trinajstić information content (AvgIpc) is 3.31. The van der Waals surface area contributed by atoms with Crippen molar-refractivity contribution in [2.45, 2.75) is 26.0 Å². The highest BCUT2D eigenvalue weighted by Crippen LogP contribution is 2.23. The zero-order valence-electron chi connectivity index (χ0n) is 14.2. The van der Waals surface area contributed by atoms with Crippen molar-refractivity contribution in [3.8, 4) is 5.75 Å². The first-order valence-electron chi connectivity index (χ1n) is 8.83. The third kappa shape index (κ3) is 3.53. The third-order valence-corrected chi connectivity index (χ3v) is 4.76. The molecule has 1 amide bonds. The highest BCUT2D eigenvalue weighted by atomic mass is 16.5. The van der Waals surface area contributed by atoms with Crippen molar-refractivity contribution in [1.82, 2.24) is 9.47 Å². The van der Waals surface area contributed by atoms with Gasteiger partial charge in [0.25, 0.3) is 0 Å². The summed E-state index contributed by atoms with van der Waals surface area (Å²) in [6, 6.07) is 18.2. The minimum Gasteiger partial charge on any atom is -0.489 e. The van der Waals surface area contributed by atoms with Gasteiger partial charge in [-0.25, -0.2) is 0 Å². The SMILES string of the molecule is O=C(Cn1ccc2cc(OCc3ccccc3)ccc21)N1CCCC1. The van der Waals surface area contributed by atoms with E-state index in [4.69, 9.17) is 4.74 Å². The molecule has 1 aromatic heterocycles. The first kappa shape index (κ1) is 15.8. The molecule has 0 bridgehead atoms. The van der Waals surface area contributed by atoms with Gasteiger partial charge in [0.15, 0.2) is 0 Å². The lowest BCUT2D eigenvalue weighted by molar-refractivity contribution is -0.130. The van der Waals surface area contributed by atoms with Gasteiger partial charge in [0.1, 0.15) is 18.9 Å². The van der Waals surface area contributed by atoms with Crippen LogP contribution in [0.15, 0.2) is 60.8 Å². The maximum Gasteiger partial charge on any atom is 0.242 e. The predicted octanol–water partition coefficient (Wildman–Crippen LogP) is 3.84. The van der Waals surface area contributed by atoms with Crippen LogP contribution < -0.4 is 4.74 Å². The fraction of sp³-hybridized carbons (Fsp3) is 0.286. The molecular weight excluding hydrogens is 312 g/mol. The third-order valence-electron chi connectivity index (χ3n) is 4.76. The molecule has 0 aliphatic carbocycles. The summed E-state index contributed by atoms with van der Waals surface area (Å²) >= 11 is 0. The van der Waals surface area contributed by atoms with Gasteiger partial charge in [-0.15, -0.1) is 0 Å². The molecule has 1 aliphatic heterocycles. The van der Waals surface area contributed by atoms with Crippen LogP contribution in [0.2, 0.25) is 0 Å². The summed E-state index contributed by atoms with van der Waals surface area (Å²) in [7, 11) is 0. The number of benzene rings is 2. The Morgan fingerprint density at radius 3 is 2.60 bits per heavy atom. The second-order valence-electron chi connectivity index (χ2n) is 6.53. The predicted molar refractivity (Wildman–Crippen MR) is 98.5 cm³/mol. The molecule has 1 saturated heterocycles. The number of ether oxygens (including phenoxy) is 1. The smallest absolute Gasteiger partial charge is 0.242 e. The van der Waals surface area contributed by atoms with Gasteiger partial charge < -0.3 is 14.2 Å². The lowest BCUT2D eigenvalue weighted by Gasteiger charge is -2.16. The molecule has 3 aromatic rings. The molecule has 25 heavy (non-hydrogen) atoms. The van der Waals surface area contributed by atoms with Crippen LogP contribution in [-0.4, -0.2) is 28.5 Å². The number of carbonyl (C=O) groups excluding carboxylic acids is 1. The van der Waals surface area contributed by atoms with E-state index in [9.17, 15) is 4.79 Å². The van der Waals surface area contributed by atoms with Crippen molar-refractivity contribution in [3.63, 3.8) is 0 Å². The molecule has 1 fully saturated rings. The van der Waals surface area contributed by atoms with Crippen molar-refractivity contribution in [3.05, 3.63) is 66.4 Å². The number of nitrogens with zero attached hydrogens (tertiary/aromatic N) is 2. The number of rotatable bonds is 5. The first-order valence-corrected chi connectivity index (χ1v) is 8.83. The summed E-state index contributed by atoms with van der Waals surface area (Å²) < 4.78 is 7.91. The standard InChI is InChI=1S/C21H22N2O2/c24-21(22-11-4-5-12-22)15-23-13-10-18-14-19(8-9-20(18)23)25-16-17-6-2-1-3-7-17/h1-3,6-10,13-14H,4-5,11-12,15-16H2. The molecule has 0 spiro atoms. The number of aromatic nitrogens is 1. The van der Waals surface area contributed by atoms with E-state index in [1.807, 2.05) is 58.1 Å². The monoisotopic (exact) mass is 334 g/mol. The largest absolute Gasteiger partial charge is 0.489 e. The molecule has 4 nitrogen and oxygen atoms in total.